The largest absolute Gasteiger partial charge is 0.248 e. The summed E-state index contributed by atoms with van der Waals surface area (Å²) < 4.78 is 43.4. The third kappa shape index (κ3) is 3.21. The molecule has 3 rings (SSSR count). The van der Waals surface area contributed by atoms with Gasteiger partial charge in [-0.2, -0.15) is 5.10 Å². The Morgan fingerprint density at radius 1 is 1.33 bits per heavy atom. The number of fused-ring (bicyclic) bond motifs is 1. The highest BCUT2D eigenvalue weighted by atomic mass is 32.2. The smallest absolute Gasteiger partial charge is 0.240 e. The van der Waals surface area contributed by atoms with Gasteiger partial charge in [-0.05, 0) is 43.5 Å². The van der Waals surface area contributed by atoms with Crippen LogP contribution in [-0.4, -0.2) is 29.2 Å². The normalized spacial score (nSPS) is 17.8. The molecule has 0 saturated carbocycles. The van der Waals surface area contributed by atoms with Crippen LogP contribution in [0.1, 0.15) is 36.1 Å². The Kier molecular flexibility index (Phi) is 4.44. The van der Waals surface area contributed by atoms with Gasteiger partial charge in [0.25, 0.3) is 0 Å². The van der Waals surface area contributed by atoms with E-state index in [1.807, 2.05) is 6.92 Å². The first-order valence-electron chi connectivity index (χ1n) is 8.02. The summed E-state index contributed by atoms with van der Waals surface area (Å²) in [5.74, 6) is 1.31. The van der Waals surface area contributed by atoms with Gasteiger partial charge in [0.2, 0.25) is 10.0 Å². The number of benzene rings is 1. The van der Waals surface area contributed by atoms with E-state index in [9.17, 15) is 12.8 Å². The van der Waals surface area contributed by atoms with E-state index in [-0.39, 0.29) is 16.8 Å². The SMILES string of the molecule is CCc1nc2n(n1)CC(NS(=O)(=O)c1cc(C)c(F)c(C)c1)CC2. The Morgan fingerprint density at radius 3 is 2.62 bits per heavy atom. The van der Waals surface area contributed by atoms with Gasteiger partial charge >= 0.3 is 0 Å². The van der Waals surface area contributed by atoms with Crippen LogP contribution >= 0.6 is 0 Å². The second-order valence-corrected chi connectivity index (χ2v) is 7.92. The molecule has 8 heteroatoms. The average molecular weight is 352 g/mol. The van der Waals surface area contributed by atoms with Crippen LogP contribution in [0.3, 0.4) is 0 Å². The fourth-order valence-electron chi connectivity index (χ4n) is 2.96. The van der Waals surface area contributed by atoms with Crippen LogP contribution in [0.2, 0.25) is 0 Å². The van der Waals surface area contributed by atoms with Crippen molar-refractivity contribution in [3.8, 4) is 0 Å². The number of hydrogen-bond acceptors (Lipinski definition) is 4. The lowest BCUT2D eigenvalue weighted by atomic mass is 10.1. The summed E-state index contributed by atoms with van der Waals surface area (Å²) >= 11 is 0. The van der Waals surface area contributed by atoms with Crippen LogP contribution in [-0.2, 0) is 29.4 Å². The van der Waals surface area contributed by atoms with Crippen molar-refractivity contribution < 1.29 is 12.8 Å². The maximum Gasteiger partial charge on any atom is 0.240 e. The molecule has 0 fully saturated rings. The summed E-state index contributed by atoms with van der Waals surface area (Å²) in [5.41, 5.74) is 0.648. The minimum atomic E-state index is -3.70. The van der Waals surface area contributed by atoms with Gasteiger partial charge in [0, 0.05) is 18.9 Å². The van der Waals surface area contributed by atoms with E-state index in [4.69, 9.17) is 0 Å². The van der Waals surface area contributed by atoms with Gasteiger partial charge in [-0.25, -0.2) is 27.2 Å². The highest BCUT2D eigenvalue weighted by Gasteiger charge is 2.26. The van der Waals surface area contributed by atoms with E-state index in [0.29, 0.717) is 30.5 Å². The quantitative estimate of drug-likeness (QED) is 0.912. The van der Waals surface area contributed by atoms with Crippen LogP contribution in [0.5, 0.6) is 0 Å². The summed E-state index contributed by atoms with van der Waals surface area (Å²) in [5, 5.41) is 4.38. The molecule has 1 atom stereocenters. The first-order valence-corrected chi connectivity index (χ1v) is 9.50. The van der Waals surface area contributed by atoms with Gasteiger partial charge in [0.05, 0.1) is 11.4 Å². The number of aromatic nitrogens is 3. The third-order valence-corrected chi connectivity index (χ3v) is 5.76. The van der Waals surface area contributed by atoms with E-state index in [2.05, 4.69) is 14.8 Å². The summed E-state index contributed by atoms with van der Waals surface area (Å²) in [6, 6.07) is 2.48. The average Bonchev–Trinajstić information content (AvgIpc) is 2.94. The summed E-state index contributed by atoms with van der Waals surface area (Å²) in [6.45, 7) is 5.58. The van der Waals surface area contributed by atoms with Gasteiger partial charge in [-0.3, -0.25) is 0 Å². The number of nitrogens with zero attached hydrogens (tertiary/aromatic N) is 3. The third-order valence-electron chi connectivity index (χ3n) is 4.26. The van der Waals surface area contributed by atoms with Gasteiger partial charge in [-0.1, -0.05) is 6.92 Å². The molecule has 0 spiro atoms. The van der Waals surface area contributed by atoms with Crippen LogP contribution in [0.25, 0.3) is 0 Å². The maximum absolute atomic E-state index is 13.7. The van der Waals surface area contributed by atoms with Gasteiger partial charge in [0.15, 0.2) is 5.82 Å². The number of halogens is 1. The van der Waals surface area contributed by atoms with Gasteiger partial charge < -0.3 is 0 Å². The van der Waals surface area contributed by atoms with Gasteiger partial charge in [0.1, 0.15) is 11.6 Å². The van der Waals surface area contributed by atoms with Crippen molar-refractivity contribution in [3.05, 3.63) is 40.7 Å². The Bertz CT molecular complexity index is 853. The molecule has 24 heavy (non-hydrogen) atoms. The molecular weight excluding hydrogens is 331 g/mol. The van der Waals surface area contributed by atoms with Crippen LogP contribution in [0, 0.1) is 19.7 Å². The van der Waals surface area contributed by atoms with Crippen molar-refractivity contribution in [2.75, 3.05) is 0 Å². The highest BCUT2D eigenvalue weighted by molar-refractivity contribution is 7.89. The maximum atomic E-state index is 13.7. The fourth-order valence-corrected chi connectivity index (χ4v) is 4.39. The Balaban J connectivity index is 1.80. The van der Waals surface area contributed by atoms with Crippen molar-refractivity contribution in [2.45, 2.75) is 57.5 Å². The van der Waals surface area contributed by atoms with Crippen molar-refractivity contribution in [3.63, 3.8) is 0 Å². The molecule has 1 aliphatic heterocycles. The monoisotopic (exact) mass is 352 g/mol. The molecule has 0 amide bonds. The molecule has 0 bridgehead atoms. The number of rotatable bonds is 4. The van der Waals surface area contributed by atoms with Crippen molar-refractivity contribution in [2.24, 2.45) is 0 Å². The molecule has 1 aliphatic rings. The van der Waals surface area contributed by atoms with Crippen LogP contribution in [0.4, 0.5) is 4.39 Å². The van der Waals surface area contributed by atoms with Crippen molar-refractivity contribution in [1.29, 1.82) is 0 Å². The zero-order chi connectivity index (χ0) is 17.5. The standard InChI is InChI=1S/C16H21FN4O2S/c1-4-14-18-15-6-5-12(9-21(15)19-14)20-24(22,23)13-7-10(2)16(17)11(3)8-13/h7-8,12,20H,4-6,9H2,1-3H3. The van der Waals surface area contributed by atoms with E-state index >= 15 is 0 Å². The number of hydrogen-bond donors (Lipinski definition) is 1. The number of nitrogens with one attached hydrogen (secondary N) is 1. The summed E-state index contributed by atoms with van der Waals surface area (Å²) in [7, 11) is -3.70. The predicted octanol–water partition coefficient (Wildman–Crippen LogP) is 1.89. The zero-order valence-corrected chi connectivity index (χ0v) is 14.8. The van der Waals surface area contributed by atoms with E-state index < -0.39 is 10.0 Å². The topological polar surface area (TPSA) is 76.9 Å². The molecule has 1 aromatic carbocycles. The molecule has 0 aliphatic carbocycles. The summed E-state index contributed by atoms with van der Waals surface area (Å²) in [4.78, 5) is 4.52. The molecule has 0 saturated heterocycles. The lowest BCUT2D eigenvalue weighted by Gasteiger charge is -2.23. The number of aryl methyl sites for hydroxylation is 4. The molecule has 1 aromatic heterocycles. The Hall–Kier alpha value is -1.80. The molecule has 130 valence electrons. The zero-order valence-electron chi connectivity index (χ0n) is 14.0. The minimum absolute atomic E-state index is 0.0949. The first kappa shape index (κ1) is 17.0. The lowest BCUT2D eigenvalue weighted by Crippen LogP contribution is -2.41. The fraction of sp³-hybridized carbons (Fsp3) is 0.500. The highest BCUT2D eigenvalue weighted by Crippen LogP contribution is 2.20. The van der Waals surface area contributed by atoms with E-state index in [0.717, 1.165) is 18.1 Å². The van der Waals surface area contributed by atoms with Crippen molar-refractivity contribution >= 4 is 10.0 Å². The molecule has 6 nitrogen and oxygen atoms in total. The molecule has 2 aromatic rings. The lowest BCUT2D eigenvalue weighted by molar-refractivity contribution is 0.394. The van der Waals surface area contributed by atoms with E-state index in [1.165, 1.54) is 12.1 Å². The van der Waals surface area contributed by atoms with Crippen LogP contribution in [0.15, 0.2) is 17.0 Å². The van der Waals surface area contributed by atoms with Crippen molar-refractivity contribution in [1.82, 2.24) is 19.5 Å². The van der Waals surface area contributed by atoms with E-state index in [1.54, 1.807) is 18.5 Å². The molecular formula is C16H21FN4O2S. The molecule has 1 unspecified atom stereocenters. The van der Waals surface area contributed by atoms with Crippen LogP contribution < -0.4 is 4.72 Å². The molecule has 1 N–H and O–H groups in total. The summed E-state index contributed by atoms with van der Waals surface area (Å²) in [6.07, 6.45) is 2.10. The second kappa shape index (κ2) is 6.25. The second-order valence-electron chi connectivity index (χ2n) is 6.21. The Morgan fingerprint density at radius 2 is 2.00 bits per heavy atom. The molecule has 0 radical (unpaired) electrons. The Labute approximate surface area is 141 Å². The number of sulfonamides is 1. The van der Waals surface area contributed by atoms with Gasteiger partial charge in [-0.15, -0.1) is 0 Å². The predicted molar refractivity (Wildman–Crippen MR) is 87.7 cm³/mol. The first-order chi connectivity index (χ1) is 11.3. The minimum Gasteiger partial charge on any atom is -0.248 e. The molecule has 2 heterocycles.